The summed E-state index contributed by atoms with van der Waals surface area (Å²) in [5.74, 6) is -2.25. The molecule has 0 aliphatic carbocycles. The van der Waals surface area contributed by atoms with Crippen LogP contribution in [-0.4, -0.2) is 71.8 Å². The van der Waals surface area contributed by atoms with Crippen LogP contribution in [0.15, 0.2) is 35.9 Å². The fraction of sp³-hybridized carbons (Fsp3) is 0.375. The number of nitrogens with one attached hydrogen (secondary N) is 1. The van der Waals surface area contributed by atoms with Gasteiger partial charge >= 0.3 is 5.97 Å². The lowest BCUT2D eigenvalue weighted by Crippen LogP contribution is -2.32. The van der Waals surface area contributed by atoms with Crippen molar-refractivity contribution >= 4 is 23.4 Å². The van der Waals surface area contributed by atoms with Crippen molar-refractivity contribution < 1.29 is 24.2 Å². The monoisotopic (exact) mass is 439 g/mol. The number of aromatic amines is 1. The SMILES string of the molecule is COC(=O)c1[nH]c(C)c(C(O)=C2C(=O)C(=O)N(CCCN(C)C)C2c2ccccc2)c1C. The third-order valence-electron chi connectivity index (χ3n) is 5.72. The van der Waals surface area contributed by atoms with E-state index < -0.39 is 23.7 Å². The predicted molar refractivity (Wildman–Crippen MR) is 120 cm³/mol. The number of hydrogen-bond donors (Lipinski definition) is 2. The van der Waals surface area contributed by atoms with Crippen LogP contribution < -0.4 is 0 Å². The van der Waals surface area contributed by atoms with Gasteiger partial charge in [0.1, 0.15) is 11.5 Å². The van der Waals surface area contributed by atoms with Gasteiger partial charge in [-0.25, -0.2) is 4.79 Å². The third-order valence-corrected chi connectivity index (χ3v) is 5.72. The number of esters is 1. The molecule has 170 valence electrons. The lowest BCUT2D eigenvalue weighted by atomic mass is 9.94. The second kappa shape index (κ2) is 9.40. The van der Waals surface area contributed by atoms with Crippen molar-refractivity contribution in [3.63, 3.8) is 0 Å². The normalized spacial score (nSPS) is 17.9. The van der Waals surface area contributed by atoms with Crippen LogP contribution in [0.5, 0.6) is 0 Å². The van der Waals surface area contributed by atoms with E-state index in [-0.39, 0.29) is 17.0 Å². The Labute approximate surface area is 187 Å². The molecule has 8 nitrogen and oxygen atoms in total. The highest BCUT2D eigenvalue weighted by Crippen LogP contribution is 2.40. The molecule has 0 spiro atoms. The van der Waals surface area contributed by atoms with Crippen molar-refractivity contribution in [1.82, 2.24) is 14.8 Å². The molecule has 2 aromatic rings. The average Bonchev–Trinajstić information content (AvgIpc) is 3.20. The van der Waals surface area contributed by atoms with Gasteiger partial charge in [-0.2, -0.15) is 0 Å². The zero-order valence-corrected chi connectivity index (χ0v) is 19.1. The van der Waals surface area contributed by atoms with E-state index in [1.54, 1.807) is 13.8 Å². The number of hydrogen-bond acceptors (Lipinski definition) is 6. The molecule has 1 atom stereocenters. The van der Waals surface area contributed by atoms with E-state index in [0.717, 1.165) is 12.1 Å². The minimum absolute atomic E-state index is 0.0210. The van der Waals surface area contributed by atoms with Crippen LogP contribution in [0.2, 0.25) is 0 Å². The lowest BCUT2D eigenvalue weighted by Gasteiger charge is -2.26. The number of carbonyl (C=O) groups excluding carboxylic acids is 3. The van der Waals surface area contributed by atoms with Gasteiger partial charge in [0, 0.05) is 17.8 Å². The first-order valence-electron chi connectivity index (χ1n) is 10.4. The Hall–Kier alpha value is -3.39. The van der Waals surface area contributed by atoms with E-state index >= 15 is 0 Å². The van der Waals surface area contributed by atoms with Crippen LogP contribution >= 0.6 is 0 Å². The molecule has 0 radical (unpaired) electrons. The van der Waals surface area contributed by atoms with Gasteiger partial charge in [0.2, 0.25) is 0 Å². The number of carbonyl (C=O) groups is 3. The first-order chi connectivity index (χ1) is 15.2. The predicted octanol–water partition coefficient (Wildman–Crippen LogP) is 2.79. The lowest BCUT2D eigenvalue weighted by molar-refractivity contribution is -0.139. The van der Waals surface area contributed by atoms with Crippen molar-refractivity contribution in [2.75, 3.05) is 34.3 Å². The van der Waals surface area contributed by atoms with Crippen molar-refractivity contribution in [1.29, 1.82) is 0 Å². The number of ketones is 1. The Morgan fingerprint density at radius 2 is 1.84 bits per heavy atom. The van der Waals surface area contributed by atoms with Crippen LogP contribution in [0, 0.1) is 13.8 Å². The van der Waals surface area contributed by atoms with Gasteiger partial charge < -0.3 is 24.6 Å². The number of aliphatic hydroxyl groups excluding tert-OH is 1. The van der Waals surface area contributed by atoms with Gasteiger partial charge in [-0.1, -0.05) is 30.3 Å². The Bertz CT molecular complexity index is 1070. The van der Waals surface area contributed by atoms with Crippen LogP contribution in [0.3, 0.4) is 0 Å². The van der Waals surface area contributed by atoms with E-state index in [1.807, 2.05) is 49.3 Å². The molecule has 1 fully saturated rings. The molecule has 1 aromatic carbocycles. The number of aryl methyl sites for hydroxylation is 1. The summed E-state index contributed by atoms with van der Waals surface area (Å²) in [7, 11) is 5.16. The van der Waals surface area contributed by atoms with Crippen molar-refractivity contribution in [3.05, 3.63) is 64.0 Å². The highest BCUT2D eigenvalue weighted by molar-refractivity contribution is 6.46. The molecule has 8 heteroatoms. The maximum absolute atomic E-state index is 13.1. The molecule has 0 saturated carbocycles. The highest BCUT2D eigenvalue weighted by Gasteiger charge is 2.46. The summed E-state index contributed by atoms with van der Waals surface area (Å²) < 4.78 is 4.80. The number of benzene rings is 1. The second-order valence-electron chi connectivity index (χ2n) is 8.18. The van der Waals surface area contributed by atoms with E-state index in [0.29, 0.717) is 29.8 Å². The number of H-pyrrole nitrogens is 1. The van der Waals surface area contributed by atoms with E-state index in [9.17, 15) is 19.5 Å². The second-order valence-corrected chi connectivity index (χ2v) is 8.18. The number of methoxy groups -OCH3 is 1. The zero-order valence-electron chi connectivity index (χ0n) is 19.1. The Balaban J connectivity index is 2.15. The van der Waals surface area contributed by atoms with Gasteiger partial charge in [0.25, 0.3) is 11.7 Å². The van der Waals surface area contributed by atoms with Gasteiger partial charge in [-0.15, -0.1) is 0 Å². The summed E-state index contributed by atoms with van der Waals surface area (Å²) in [4.78, 5) is 44.6. The molecule has 2 N–H and O–H groups in total. The maximum Gasteiger partial charge on any atom is 0.354 e. The number of aliphatic hydroxyl groups is 1. The fourth-order valence-corrected chi connectivity index (χ4v) is 4.20. The average molecular weight is 440 g/mol. The van der Waals surface area contributed by atoms with E-state index in [4.69, 9.17) is 4.74 Å². The van der Waals surface area contributed by atoms with E-state index in [2.05, 4.69) is 4.98 Å². The quantitative estimate of drug-likeness (QED) is 0.298. The molecule has 1 saturated heterocycles. The molecular weight excluding hydrogens is 410 g/mol. The number of aromatic nitrogens is 1. The van der Waals surface area contributed by atoms with Crippen LogP contribution in [-0.2, 0) is 14.3 Å². The van der Waals surface area contributed by atoms with Gasteiger partial charge in [0.15, 0.2) is 0 Å². The van der Waals surface area contributed by atoms with Gasteiger partial charge in [-0.05, 0) is 52.0 Å². The van der Waals surface area contributed by atoms with Crippen LogP contribution in [0.25, 0.3) is 5.76 Å². The van der Waals surface area contributed by atoms with Crippen LogP contribution in [0.1, 0.15) is 45.3 Å². The Kier molecular flexibility index (Phi) is 6.84. The maximum atomic E-state index is 13.1. The van der Waals surface area contributed by atoms with E-state index in [1.165, 1.54) is 12.0 Å². The minimum Gasteiger partial charge on any atom is -0.507 e. The standard InChI is InChI=1S/C24H29N3O5/c1-14-17(15(2)25-19(14)24(31)32-5)21(28)18-20(16-10-7-6-8-11-16)27(23(30)22(18)29)13-9-12-26(3)4/h6-8,10-11,20,25,28H,9,12-13H2,1-5H3. The highest BCUT2D eigenvalue weighted by atomic mass is 16.5. The molecule has 1 aliphatic heterocycles. The number of Topliss-reactive ketones (excluding diaryl/α,β-unsaturated/α-hetero) is 1. The summed E-state index contributed by atoms with van der Waals surface area (Å²) in [6.07, 6.45) is 0.679. The molecular formula is C24H29N3O5. The topological polar surface area (TPSA) is 103 Å². The minimum atomic E-state index is -0.735. The Morgan fingerprint density at radius 3 is 2.44 bits per heavy atom. The largest absolute Gasteiger partial charge is 0.507 e. The smallest absolute Gasteiger partial charge is 0.354 e. The summed E-state index contributed by atoms with van der Waals surface area (Å²) in [5.41, 5.74) is 2.24. The van der Waals surface area contributed by atoms with Crippen LogP contribution in [0.4, 0.5) is 0 Å². The molecule has 1 unspecified atom stereocenters. The number of amides is 1. The van der Waals surface area contributed by atoms with Gasteiger partial charge in [0.05, 0.1) is 18.7 Å². The molecule has 32 heavy (non-hydrogen) atoms. The number of ether oxygens (including phenoxy) is 1. The fourth-order valence-electron chi connectivity index (χ4n) is 4.20. The number of nitrogens with zero attached hydrogens (tertiary/aromatic N) is 2. The van der Waals surface area contributed by atoms with Crippen molar-refractivity contribution in [2.45, 2.75) is 26.3 Å². The summed E-state index contributed by atoms with van der Waals surface area (Å²) in [5, 5.41) is 11.3. The van der Waals surface area contributed by atoms with Crippen molar-refractivity contribution in [3.8, 4) is 0 Å². The Morgan fingerprint density at radius 1 is 1.19 bits per heavy atom. The molecule has 0 bridgehead atoms. The van der Waals surface area contributed by atoms with Crippen molar-refractivity contribution in [2.24, 2.45) is 0 Å². The third kappa shape index (κ3) is 4.18. The van der Waals surface area contributed by atoms with Gasteiger partial charge in [-0.3, -0.25) is 9.59 Å². The number of likely N-dealkylation sites (tertiary alicyclic amines) is 1. The molecule has 3 rings (SSSR count). The summed E-state index contributed by atoms with van der Waals surface area (Å²) >= 11 is 0. The first-order valence-corrected chi connectivity index (χ1v) is 10.4. The summed E-state index contributed by atoms with van der Waals surface area (Å²) in [6, 6.07) is 8.46. The summed E-state index contributed by atoms with van der Waals surface area (Å²) in [6.45, 7) is 4.48. The zero-order chi connectivity index (χ0) is 23.6. The number of rotatable bonds is 7. The molecule has 1 aromatic heterocycles. The molecule has 2 heterocycles. The first kappa shape index (κ1) is 23.3. The molecule has 1 amide bonds. The molecule has 1 aliphatic rings.